The molecule has 0 aromatic carbocycles. The quantitative estimate of drug-likeness (QED) is 0.251. The second-order valence-electron chi connectivity index (χ2n) is 7.21. The van der Waals surface area contributed by atoms with Gasteiger partial charge in [-0.1, -0.05) is 0 Å². The number of hydrogen-bond acceptors (Lipinski definition) is 9. The Bertz CT molecular complexity index is 1110. The summed E-state index contributed by atoms with van der Waals surface area (Å²) in [7, 11) is -16.5. The number of H-pyrrole nitrogens is 1. The van der Waals surface area contributed by atoms with Gasteiger partial charge in [-0.3, -0.25) is 18.9 Å². The second-order valence-corrected chi connectivity index (χ2v) is 11.6. The van der Waals surface area contributed by atoms with Gasteiger partial charge in [0, 0.05) is 23.2 Å². The lowest BCUT2D eigenvalue weighted by atomic mass is 10.0. The van der Waals surface area contributed by atoms with Crippen LogP contribution in [0, 0.1) is 18.3 Å². The predicted octanol–water partition coefficient (Wildman–Crippen LogP) is -0.500. The van der Waals surface area contributed by atoms with Crippen molar-refractivity contribution in [3.63, 3.8) is 0 Å². The zero-order chi connectivity index (χ0) is 22.7. The molecule has 2 unspecified atom stereocenters. The van der Waals surface area contributed by atoms with Crippen LogP contribution in [0.25, 0.3) is 0 Å². The molecule has 0 radical (unpaired) electrons. The summed E-state index contributed by atoms with van der Waals surface area (Å²) in [5, 5.41) is 10.4. The van der Waals surface area contributed by atoms with Gasteiger partial charge >= 0.3 is 29.2 Å². The molecule has 0 amide bonds. The van der Waals surface area contributed by atoms with E-state index in [9.17, 15) is 33.3 Å². The van der Waals surface area contributed by atoms with Gasteiger partial charge in [-0.15, -0.1) is 0 Å². The van der Waals surface area contributed by atoms with Crippen molar-refractivity contribution in [1.82, 2.24) is 9.55 Å². The fourth-order valence-electron chi connectivity index (χ4n) is 3.79. The summed E-state index contributed by atoms with van der Waals surface area (Å²) in [5.41, 5.74) is -2.02. The van der Waals surface area contributed by atoms with Crippen molar-refractivity contribution < 1.29 is 51.5 Å². The van der Waals surface area contributed by atoms with E-state index in [4.69, 9.17) is 14.7 Å². The third kappa shape index (κ3) is 4.93. The average Bonchev–Trinajstić information content (AvgIpc) is 3.20. The molecule has 1 aromatic rings. The number of aliphatic hydroxyl groups excluding tert-OH is 1. The molecule has 0 spiro atoms. The summed E-state index contributed by atoms with van der Waals surface area (Å²) in [6, 6.07) is -0.535. The van der Waals surface area contributed by atoms with Gasteiger partial charge in [0.25, 0.3) is 5.56 Å². The highest BCUT2D eigenvalue weighted by Gasteiger charge is 2.68. The van der Waals surface area contributed by atoms with E-state index in [1.165, 1.54) is 17.7 Å². The maximum atomic E-state index is 12.1. The van der Waals surface area contributed by atoms with Crippen LogP contribution < -0.4 is 11.2 Å². The molecular formula is C12H19N2O13P3. The van der Waals surface area contributed by atoms with Crippen molar-refractivity contribution in [2.24, 2.45) is 11.3 Å². The minimum Gasteiger partial charge on any atom is -0.392 e. The van der Waals surface area contributed by atoms with Crippen molar-refractivity contribution in [2.75, 3.05) is 6.61 Å². The second kappa shape index (κ2) is 7.58. The van der Waals surface area contributed by atoms with Crippen molar-refractivity contribution in [3.05, 3.63) is 32.6 Å². The number of aromatic nitrogens is 2. The molecule has 3 rings (SSSR count). The normalized spacial score (nSPS) is 32.3. The van der Waals surface area contributed by atoms with E-state index in [2.05, 4.69) is 18.1 Å². The first-order valence-electron chi connectivity index (χ1n) is 8.34. The minimum atomic E-state index is -5.64. The molecule has 18 heteroatoms. The summed E-state index contributed by atoms with van der Waals surface area (Å²) in [4.78, 5) is 61.6. The van der Waals surface area contributed by atoms with Crippen LogP contribution in [0.2, 0.25) is 0 Å². The van der Waals surface area contributed by atoms with E-state index in [1.807, 2.05) is 0 Å². The van der Waals surface area contributed by atoms with Gasteiger partial charge in [0.1, 0.15) is 0 Å². The van der Waals surface area contributed by atoms with Gasteiger partial charge in [0.2, 0.25) is 0 Å². The Hall–Kier alpha value is -0.950. The van der Waals surface area contributed by atoms with E-state index in [0.717, 1.165) is 0 Å². The summed E-state index contributed by atoms with van der Waals surface area (Å²) in [6.07, 6.45) is 0.628. The summed E-state index contributed by atoms with van der Waals surface area (Å²) < 4.78 is 47.1. The highest BCUT2D eigenvalue weighted by molar-refractivity contribution is 7.66. The zero-order valence-electron chi connectivity index (χ0n) is 15.2. The first-order valence-corrected chi connectivity index (χ1v) is 12.9. The Balaban J connectivity index is 1.70. The van der Waals surface area contributed by atoms with Crippen LogP contribution in [0.1, 0.15) is 24.4 Å². The molecule has 30 heavy (non-hydrogen) atoms. The van der Waals surface area contributed by atoms with Crippen molar-refractivity contribution >= 4 is 23.5 Å². The number of hydrogen-bond donors (Lipinski definition) is 6. The van der Waals surface area contributed by atoms with Gasteiger partial charge < -0.3 is 24.7 Å². The molecule has 15 nitrogen and oxygen atoms in total. The number of aliphatic hydroxyl groups is 1. The van der Waals surface area contributed by atoms with Crippen LogP contribution in [0.5, 0.6) is 0 Å². The maximum Gasteiger partial charge on any atom is 0.490 e. The predicted molar refractivity (Wildman–Crippen MR) is 96.1 cm³/mol. The Morgan fingerprint density at radius 3 is 2.37 bits per heavy atom. The fourth-order valence-corrected chi connectivity index (χ4v) is 6.89. The van der Waals surface area contributed by atoms with Crippen LogP contribution in [0.3, 0.4) is 0 Å². The molecule has 6 N–H and O–H groups in total. The molecule has 1 aromatic heterocycles. The molecule has 2 aliphatic rings. The Kier molecular flexibility index (Phi) is 5.99. The molecule has 2 fully saturated rings. The average molecular weight is 492 g/mol. The molecular weight excluding hydrogens is 473 g/mol. The summed E-state index contributed by atoms with van der Waals surface area (Å²) >= 11 is 0. The number of rotatable bonds is 8. The lowest BCUT2D eigenvalue weighted by Crippen LogP contribution is -2.33. The van der Waals surface area contributed by atoms with Gasteiger partial charge in [0.15, 0.2) is 0 Å². The van der Waals surface area contributed by atoms with Crippen LogP contribution >= 0.6 is 23.5 Å². The highest BCUT2D eigenvalue weighted by atomic mass is 31.3. The first-order chi connectivity index (χ1) is 13.6. The monoisotopic (exact) mass is 492 g/mol. The number of aryl methyl sites for hydroxylation is 1. The molecule has 170 valence electrons. The Labute approximate surface area is 167 Å². The lowest BCUT2D eigenvalue weighted by molar-refractivity contribution is 0.0560. The highest BCUT2D eigenvalue weighted by Crippen LogP contribution is 2.70. The maximum absolute atomic E-state index is 12.1. The largest absolute Gasteiger partial charge is 0.490 e. The number of nitrogens with zero attached hydrogens (tertiary/aromatic N) is 1. The van der Waals surface area contributed by atoms with Crippen molar-refractivity contribution in [3.8, 4) is 0 Å². The van der Waals surface area contributed by atoms with E-state index < -0.39 is 58.9 Å². The Morgan fingerprint density at radius 2 is 1.80 bits per heavy atom. The molecule has 2 aliphatic carbocycles. The van der Waals surface area contributed by atoms with Gasteiger partial charge in [-0.25, -0.2) is 18.5 Å². The third-order valence-electron chi connectivity index (χ3n) is 5.19. The standard InChI is InChI=1S/C12H19N2O13P3/c1-6-4-14(11(17)13-10(6)16)8-2-9(15)12(3-7(8)12)5-25-29(21,22)27-30(23,24)26-28(18,19)20/h4,7-9,15H,2-3,5H2,1H3,(H,21,22)(H,23,24)(H,13,16,17)(H2,18,19,20)/t7-,8-,9-,12+/m0/s1. The fraction of sp³-hybridized carbons (Fsp3) is 0.667. The Morgan fingerprint density at radius 1 is 1.17 bits per heavy atom. The van der Waals surface area contributed by atoms with Gasteiger partial charge in [-0.2, -0.15) is 8.62 Å². The lowest BCUT2D eigenvalue weighted by Gasteiger charge is -2.21. The van der Waals surface area contributed by atoms with E-state index in [0.29, 0.717) is 0 Å². The van der Waals surface area contributed by atoms with E-state index >= 15 is 0 Å². The minimum absolute atomic E-state index is 0.0792. The first kappa shape index (κ1) is 23.7. The number of fused-ring (bicyclic) bond motifs is 1. The zero-order valence-corrected chi connectivity index (χ0v) is 17.9. The smallest absolute Gasteiger partial charge is 0.392 e. The SMILES string of the molecule is Cc1cn([C@H]2C[C@H](O)[C@@]3(COP(=O)(O)OP(=O)(O)OP(=O)(O)O)C[C@@H]23)c(=O)[nH]c1=O. The number of aromatic amines is 1. The summed E-state index contributed by atoms with van der Waals surface area (Å²) in [5.74, 6) is -0.372. The summed E-state index contributed by atoms with van der Waals surface area (Å²) in [6.45, 7) is 0.881. The van der Waals surface area contributed by atoms with Crippen LogP contribution in [-0.4, -0.2) is 46.9 Å². The van der Waals surface area contributed by atoms with Gasteiger partial charge in [0.05, 0.1) is 12.7 Å². The molecule has 0 aliphatic heterocycles. The molecule has 6 atom stereocenters. The van der Waals surface area contributed by atoms with Crippen LogP contribution in [0.15, 0.2) is 15.8 Å². The molecule has 0 bridgehead atoms. The topological polar surface area (TPSA) is 235 Å². The van der Waals surface area contributed by atoms with Crippen LogP contribution in [0.4, 0.5) is 0 Å². The molecule has 0 saturated heterocycles. The van der Waals surface area contributed by atoms with E-state index in [-0.39, 0.29) is 24.3 Å². The molecule has 1 heterocycles. The third-order valence-corrected chi connectivity index (χ3v) is 8.97. The number of nitrogens with one attached hydrogen (secondary N) is 1. The number of phosphoric acid groups is 3. The van der Waals surface area contributed by atoms with Crippen molar-refractivity contribution in [1.29, 1.82) is 0 Å². The van der Waals surface area contributed by atoms with Gasteiger partial charge in [-0.05, 0) is 25.7 Å². The van der Waals surface area contributed by atoms with E-state index in [1.54, 1.807) is 0 Å². The van der Waals surface area contributed by atoms with Crippen LogP contribution in [-0.2, 0) is 26.8 Å². The number of phosphoric ester groups is 1. The van der Waals surface area contributed by atoms with Crippen molar-refractivity contribution in [2.45, 2.75) is 31.9 Å². The molecule has 2 saturated carbocycles.